The molecule has 2 atom stereocenters. The summed E-state index contributed by atoms with van der Waals surface area (Å²) in [6.07, 6.45) is 4.61. The largest absolute Gasteiger partial charge is 0.381 e. The molecule has 0 aliphatic carbocycles. The van der Waals surface area contributed by atoms with Crippen molar-refractivity contribution in [2.75, 3.05) is 19.8 Å². The predicted octanol–water partition coefficient (Wildman–Crippen LogP) is 1.85. The number of aryl methyl sites for hydroxylation is 1. The van der Waals surface area contributed by atoms with Gasteiger partial charge in [-0.3, -0.25) is 0 Å². The Morgan fingerprint density at radius 2 is 2.26 bits per heavy atom. The lowest BCUT2D eigenvalue weighted by Crippen LogP contribution is -2.41. The number of amides is 2. The molecular weight excluding hydrogens is 292 g/mol. The van der Waals surface area contributed by atoms with Crippen LogP contribution >= 0.6 is 0 Å². The average Bonchev–Trinajstić information content (AvgIpc) is 3.23. The summed E-state index contributed by atoms with van der Waals surface area (Å²) in [4.78, 5) is 16.7. The van der Waals surface area contributed by atoms with Gasteiger partial charge in [0.2, 0.25) is 0 Å². The van der Waals surface area contributed by atoms with Gasteiger partial charge in [0.15, 0.2) is 0 Å². The predicted molar refractivity (Wildman–Crippen MR) is 87.0 cm³/mol. The van der Waals surface area contributed by atoms with E-state index in [2.05, 4.69) is 15.6 Å². The maximum Gasteiger partial charge on any atom is 0.315 e. The van der Waals surface area contributed by atoms with Gasteiger partial charge in [0.05, 0.1) is 6.61 Å². The smallest absolute Gasteiger partial charge is 0.315 e. The number of carbonyl (C=O) groups is 1. The van der Waals surface area contributed by atoms with Gasteiger partial charge < -0.3 is 19.9 Å². The summed E-state index contributed by atoms with van der Waals surface area (Å²) in [5.41, 5.74) is 1.00. The highest BCUT2D eigenvalue weighted by atomic mass is 16.5. The van der Waals surface area contributed by atoms with Crippen molar-refractivity contribution in [3.63, 3.8) is 0 Å². The van der Waals surface area contributed by atoms with Crippen molar-refractivity contribution in [2.24, 2.45) is 13.0 Å². The third kappa shape index (κ3) is 3.90. The van der Waals surface area contributed by atoms with Crippen molar-refractivity contribution < 1.29 is 9.53 Å². The lowest BCUT2D eigenvalue weighted by Gasteiger charge is -2.20. The molecule has 6 nitrogen and oxygen atoms in total. The number of hydrogen-bond donors (Lipinski definition) is 2. The van der Waals surface area contributed by atoms with Gasteiger partial charge in [-0.15, -0.1) is 0 Å². The second kappa shape index (κ2) is 7.28. The van der Waals surface area contributed by atoms with Crippen LogP contribution in [0.4, 0.5) is 4.79 Å². The molecule has 1 aliphatic rings. The molecule has 23 heavy (non-hydrogen) atoms. The Morgan fingerprint density at radius 3 is 2.91 bits per heavy atom. The van der Waals surface area contributed by atoms with Crippen LogP contribution in [0.25, 0.3) is 0 Å². The molecule has 2 heterocycles. The Bertz CT molecular complexity index is 635. The van der Waals surface area contributed by atoms with Gasteiger partial charge >= 0.3 is 6.03 Å². The van der Waals surface area contributed by atoms with Crippen LogP contribution in [0.3, 0.4) is 0 Å². The van der Waals surface area contributed by atoms with E-state index >= 15 is 0 Å². The van der Waals surface area contributed by atoms with E-state index in [1.165, 1.54) is 0 Å². The van der Waals surface area contributed by atoms with Gasteiger partial charge in [-0.2, -0.15) is 0 Å². The van der Waals surface area contributed by atoms with E-state index in [4.69, 9.17) is 4.74 Å². The zero-order valence-electron chi connectivity index (χ0n) is 13.2. The van der Waals surface area contributed by atoms with Crippen LogP contribution in [0.1, 0.15) is 23.9 Å². The van der Waals surface area contributed by atoms with Crippen LogP contribution in [-0.2, 0) is 11.8 Å². The quantitative estimate of drug-likeness (QED) is 0.885. The number of aromatic nitrogens is 2. The molecular formula is C17H22N4O2. The SMILES string of the molecule is Cn1ccnc1[C@H](NC(=O)NC[C@H]1CCOC1)c1ccccc1. The lowest BCUT2D eigenvalue weighted by molar-refractivity contribution is 0.185. The van der Waals surface area contributed by atoms with Crippen molar-refractivity contribution in [1.82, 2.24) is 20.2 Å². The van der Waals surface area contributed by atoms with E-state index < -0.39 is 0 Å². The zero-order valence-corrected chi connectivity index (χ0v) is 13.2. The van der Waals surface area contributed by atoms with Crippen molar-refractivity contribution >= 4 is 6.03 Å². The molecule has 2 N–H and O–H groups in total. The van der Waals surface area contributed by atoms with Gasteiger partial charge in [0.25, 0.3) is 0 Å². The summed E-state index contributed by atoms with van der Waals surface area (Å²) in [6, 6.07) is 9.39. The Hall–Kier alpha value is -2.34. The van der Waals surface area contributed by atoms with Crippen LogP contribution in [0.5, 0.6) is 0 Å². The third-order valence-corrected chi connectivity index (χ3v) is 4.10. The highest BCUT2D eigenvalue weighted by Gasteiger charge is 2.21. The second-order valence-corrected chi connectivity index (χ2v) is 5.82. The Morgan fingerprint density at radius 1 is 1.43 bits per heavy atom. The fraction of sp³-hybridized carbons (Fsp3) is 0.412. The molecule has 1 aliphatic heterocycles. The molecule has 1 aromatic heterocycles. The minimum absolute atomic E-state index is 0.186. The van der Waals surface area contributed by atoms with Crippen molar-refractivity contribution in [2.45, 2.75) is 12.5 Å². The fourth-order valence-electron chi connectivity index (χ4n) is 2.76. The Balaban J connectivity index is 1.68. The Labute approximate surface area is 135 Å². The number of hydrogen-bond acceptors (Lipinski definition) is 3. The molecule has 1 fully saturated rings. The molecule has 2 aromatic rings. The van der Waals surface area contributed by atoms with E-state index in [1.54, 1.807) is 6.20 Å². The van der Waals surface area contributed by atoms with Gasteiger partial charge in [0, 0.05) is 38.5 Å². The van der Waals surface area contributed by atoms with Crippen molar-refractivity contribution in [3.05, 3.63) is 54.1 Å². The first kappa shape index (κ1) is 15.6. The number of ether oxygens (including phenoxy) is 1. The fourth-order valence-corrected chi connectivity index (χ4v) is 2.76. The first-order valence-electron chi connectivity index (χ1n) is 7.88. The van der Waals surface area contributed by atoms with Gasteiger partial charge in [0.1, 0.15) is 11.9 Å². The molecule has 1 aromatic carbocycles. The van der Waals surface area contributed by atoms with Crippen LogP contribution in [0.15, 0.2) is 42.7 Å². The number of benzene rings is 1. The lowest BCUT2D eigenvalue weighted by atomic mass is 10.1. The Kier molecular flexibility index (Phi) is 4.92. The molecule has 0 saturated carbocycles. The maximum absolute atomic E-state index is 12.3. The van der Waals surface area contributed by atoms with Crippen molar-refractivity contribution in [3.8, 4) is 0 Å². The summed E-state index contributed by atoms with van der Waals surface area (Å²) < 4.78 is 7.25. The van der Waals surface area contributed by atoms with E-state index in [0.717, 1.165) is 31.0 Å². The van der Waals surface area contributed by atoms with Crippen LogP contribution < -0.4 is 10.6 Å². The number of nitrogens with zero attached hydrogens (tertiary/aromatic N) is 2. The molecule has 0 radical (unpaired) electrons. The van der Waals surface area contributed by atoms with Gasteiger partial charge in [-0.05, 0) is 12.0 Å². The first-order chi connectivity index (χ1) is 11.2. The maximum atomic E-state index is 12.3. The number of urea groups is 1. The summed E-state index contributed by atoms with van der Waals surface area (Å²) in [5.74, 6) is 1.21. The molecule has 1 saturated heterocycles. The van der Waals surface area contributed by atoms with Gasteiger partial charge in [-0.25, -0.2) is 9.78 Å². The van der Waals surface area contributed by atoms with E-state index in [-0.39, 0.29) is 12.1 Å². The standard InChI is InChI=1S/C17H22N4O2/c1-21-9-8-18-16(21)15(14-5-3-2-4-6-14)20-17(22)19-11-13-7-10-23-12-13/h2-6,8-9,13,15H,7,10-12H2,1H3,(H2,19,20,22)/t13-,15-/m1/s1. The average molecular weight is 314 g/mol. The minimum Gasteiger partial charge on any atom is -0.381 e. The summed E-state index contributed by atoms with van der Waals surface area (Å²) in [5, 5.41) is 5.97. The number of carbonyl (C=O) groups excluding carboxylic acids is 1. The molecule has 2 amide bonds. The van der Waals surface area contributed by atoms with E-state index in [9.17, 15) is 4.79 Å². The number of nitrogens with one attached hydrogen (secondary N) is 2. The van der Waals surface area contributed by atoms with Gasteiger partial charge in [-0.1, -0.05) is 30.3 Å². The monoisotopic (exact) mass is 314 g/mol. The third-order valence-electron chi connectivity index (χ3n) is 4.10. The molecule has 6 heteroatoms. The molecule has 0 bridgehead atoms. The van der Waals surface area contributed by atoms with E-state index in [1.807, 2.05) is 48.1 Å². The highest BCUT2D eigenvalue weighted by molar-refractivity contribution is 5.74. The highest BCUT2D eigenvalue weighted by Crippen LogP contribution is 2.20. The number of imidazole rings is 1. The summed E-state index contributed by atoms with van der Waals surface area (Å²) in [7, 11) is 1.92. The first-order valence-corrected chi connectivity index (χ1v) is 7.88. The zero-order chi connectivity index (χ0) is 16.1. The topological polar surface area (TPSA) is 68.2 Å². The van der Waals surface area contributed by atoms with Crippen LogP contribution in [0.2, 0.25) is 0 Å². The minimum atomic E-state index is -0.281. The van der Waals surface area contributed by atoms with Crippen LogP contribution in [-0.4, -0.2) is 35.3 Å². The molecule has 3 rings (SSSR count). The van der Waals surface area contributed by atoms with Crippen LogP contribution in [0, 0.1) is 5.92 Å². The molecule has 0 unspecified atom stereocenters. The molecule has 0 spiro atoms. The molecule has 122 valence electrons. The normalized spacial score (nSPS) is 18.6. The second-order valence-electron chi connectivity index (χ2n) is 5.82. The summed E-state index contributed by atoms with van der Waals surface area (Å²) in [6.45, 7) is 2.14. The van der Waals surface area contributed by atoms with E-state index in [0.29, 0.717) is 12.5 Å². The number of rotatable bonds is 5. The summed E-state index contributed by atoms with van der Waals surface area (Å²) >= 11 is 0. The van der Waals surface area contributed by atoms with Crippen molar-refractivity contribution in [1.29, 1.82) is 0 Å².